The van der Waals surface area contributed by atoms with E-state index in [4.69, 9.17) is 4.74 Å². The molecule has 1 aromatic heterocycles. The van der Waals surface area contributed by atoms with Gasteiger partial charge < -0.3 is 15.0 Å². The van der Waals surface area contributed by atoms with Gasteiger partial charge in [-0.25, -0.2) is 18.4 Å². The van der Waals surface area contributed by atoms with Gasteiger partial charge in [0.2, 0.25) is 10.0 Å². The van der Waals surface area contributed by atoms with E-state index >= 15 is 0 Å². The van der Waals surface area contributed by atoms with Gasteiger partial charge in [0.15, 0.2) is 0 Å². The van der Waals surface area contributed by atoms with Crippen molar-refractivity contribution >= 4 is 21.7 Å². The highest BCUT2D eigenvalue weighted by molar-refractivity contribution is 7.89. The van der Waals surface area contributed by atoms with Crippen molar-refractivity contribution in [3.05, 3.63) is 36.2 Å². The van der Waals surface area contributed by atoms with E-state index in [0.29, 0.717) is 37.8 Å². The molecule has 0 aliphatic carbocycles. The number of hydrogen-bond acceptors (Lipinski definition) is 7. The number of aromatic nitrogens is 2. The number of hydrogen-bond donors (Lipinski definition) is 1. The summed E-state index contributed by atoms with van der Waals surface area (Å²) in [6.45, 7) is 6.63. The van der Waals surface area contributed by atoms with Gasteiger partial charge in [-0.1, -0.05) is 0 Å². The Morgan fingerprint density at radius 2 is 1.78 bits per heavy atom. The van der Waals surface area contributed by atoms with Gasteiger partial charge in [0.1, 0.15) is 23.2 Å². The highest BCUT2D eigenvalue weighted by Crippen LogP contribution is 2.23. The fraction of sp³-hybridized carbons (Fsp3) is 0.444. The fourth-order valence-electron chi connectivity index (χ4n) is 3.04. The van der Waals surface area contributed by atoms with Crippen molar-refractivity contribution in [3.8, 4) is 5.75 Å². The summed E-state index contributed by atoms with van der Waals surface area (Å²) in [6.07, 6.45) is 0. The summed E-state index contributed by atoms with van der Waals surface area (Å²) >= 11 is 0. The Balaban J connectivity index is 1.71. The van der Waals surface area contributed by atoms with Crippen LogP contribution in [0.25, 0.3) is 0 Å². The standard InChI is InChI=1S/C18H25N5O3S/c1-4-19-17-13-18(21-14(2)20-17)22-9-11-23(12-10-22)27(24,25)16-7-5-15(26-3)6-8-16/h5-8,13H,4,9-12H2,1-3H3,(H,19,20,21). The fourth-order valence-corrected chi connectivity index (χ4v) is 4.46. The number of piperazine rings is 1. The third kappa shape index (κ3) is 4.30. The first-order valence-electron chi connectivity index (χ1n) is 8.92. The first-order chi connectivity index (χ1) is 12.9. The van der Waals surface area contributed by atoms with Crippen molar-refractivity contribution < 1.29 is 13.2 Å². The lowest BCUT2D eigenvalue weighted by Gasteiger charge is -2.34. The van der Waals surface area contributed by atoms with E-state index in [1.807, 2.05) is 19.9 Å². The second kappa shape index (κ2) is 8.10. The summed E-state index contributed by atoms with van der Waals surface area (Å²) in [4.78, 5) is 11.2. The lowest BCUT2D eigenvalue weighted by atomic mass is 10.3. The van der Waals surface area contributed by atoms with E-state index in [9.17, 15) is 8.42 Å². The maximum Gasteiger partial charge on any atom is 0.243 e. The second-order valence-corrected chi connectivity index (χ2v) is 8.19. The third-order valence-electron chi connectivity index (χ3n) is 4.44. The van der Waals surface area contributed by atoms with Crippen molar-refractivity contribution in [1.29, 1.82) is 0 Å². The number of ether oxygens (including phenoxy) is 1. The van der Waals surface area contributed by atoms with E-state index in [0.717, 1.165) is 18.2 Å². The van der Waals surface area contributed by atoms with Gasteiger partial charge in [-0.2, -0.15) is 4.31 Å². The summed E-state index contributed by atoms with van der Waals surface area (Å²) in [7, 11) is -1.96. The van der Waals surface area contributed by atoms with Crippen LogP contribution in [0, 0.1) is 6.92 Å². The van der Waals surface area contributed by atoms with Crippen LogP contribution in [0.3, 0.4) is 0 Å². The molecular formula is C18H25N5O3S. The zero-order valence-corrected chi connectivity index (χ0v) is 16.7. The molecule has 1 fully saturated rings. The zero-order chi connectivity index (χ0) is 19.4. The molecule has 8 nitrogen and oxygen atoms in total. The third-order valence-corrected chi connectivity index (χ3v) is 6.36. The van der Waals surface area contributed by atoms with Gasteiger partial charge in [-0.3, -0.25) is 0 Å². The number of nitrogens with zero attached hydrogens (tertiary/aromatic N) is 4. The van der Waals surface area contributed by atoms with Crippen molar-refractivity contribution in [3.63, 3.8) is 0 Å². The van der Waals surface area contributed by atoms with Crippen molar-refractivity contribution in [1.82, 2.24) is 14.3 Å². The molecule has 1 aromatic carbocycles. The molecule has 0 spiro atoms. The summed E-state index contributed by atoms with van der Waals surface area (Å²) in [5.41, 5.74) is 0. The number of benzene rings is 1. The number of methoxy groups -OCH3 is 1. The second-order valence-electron chi connectivity index (χ2n) is 6.26. The van der Waals surface area contributed by atoms with Crippen molar-refractivity contribution in [2.75, 3.05) is 50.1 Å². The van der Waals surface area contributed by atoms with Crippen LogP contribution in [0.4, 0.5) is 11.6 Å². The van der Waals surface area contributed by atoms with E-state index in [2.05, 4.69) is 20.2 Å². The number of aryl methyl sites for hydroxylation is 1. The zero-order valence-electron chi connectivity index (χ0n) is 15.8. The maximum atomic E-state index is 12.9. The molecule has 9 heteroatoms. The summed E-state index contributed by atoms with van der Waals surface area (Å²) in [6, 6.07) is 8.39. The average molecular weight is 391 g/mol. The molecule has 3 rings (SSSR count). The predicted molar refractivity (Wildman–Crippen MR) is 105 cm³/mol. The molecular weight excluding hydrogens is 366 g/mol. The lowest BCUT2D eigenvalue weighted by molar-refractivity contribution is 0.383. The quantitative estimate of drug-likeness (QED) is 0.802. The average Bonchev–Trinajstić information content (AvgIpc) is 2.68. The van der Waals surface area contributed by atoms with Gasteiger partial charge in [0, 0.05) is 38.8 Å². The molecule has 0 amide bonds. The van der Waals surface area contributed by atoms with Crippen LogP contribution in [0.1, 0.15) is 12.7 Å². The molecule has 27 heavy (non-hydrogen) atoms. The number of anilines is 2. The summed E-state index contributed by atoms with van der Waals surface area (Å²) in [5, 5.41) is 3.20. The summed E-state index contributed by atoms with van der Waals surface area (Å²) < 4.78 is 32.3. The Kier molecular flexibility index (Phi) is 5.81. The van der Waals surface area contributed by atoms with Crippen LogP contribution in [-0.2, 0) is 10.0 Å². The topological polar surface area (TPSA) is 87.7 Å². The molecule has 2 aromatic rings. The Morgan fingerprint density at radius 3 is 2.37 bits per heavy atom. The van der Waals surface area contributed by atoms with Crippen molar-refractivity contribution in [2.45, 2.75) is 18.7 Å². The van der Waals surface area contributed by atoms with Gasteiger partial charge in [0.25, 0.3) is 0 Å². The molecule has 1 saturated heterocycles. The molecule has 0 saturated carbocycles. The number of rotatable bonds is 6. The van der Waals surface area contributed by atoms with Crippen molar-refractivity contribution in [2.24, 2.45) is 0 Å². The van der Waals surface area contributed by atoms with Crippen LogP contribution in [-0.4, -0.2) is 62.5 Å². The van der Waals surface area contributed by atoms with Gasteiger partial charge in [0.05, 0.1) is 12.0 Å². The van der Waals surface area contributed by atoms with Crippen LogP contribution in [0.2, 0.25) is 0 Å². The normalized spacial score (nSPS) is 15.6. The summed E-state index contributed by atoms with van der Waals surface area (Å²) in [5.74, 6) is 2.93. The van der Waals surface area contributed by atoms with Gasteiger partial charge in [-0.05, 0) is 38.1 Å². The maximum absolute atomic E-state index is 12.9. The SMILES string of the molecule is CCNc1cc(N2CCN(S(=O)(=O)c3ccc(OC)cc3)CC2)nc(C)n1. The molecule has 0 atom stereocenters. The van der Waals surface area contributed by atoms with E-state index in [1.54, 1.807) is 31.4 Å². The highest BCUT2D eigenvalue weighted by Gasteiger charge is 2.29. The number of nitrogens with one attached hydrogen (secondary N) is 1. The Hall–Kier alpha value is -2.39. The molecule has 0 radical (unpaired) electrons. The minimum Gasteiger partial charge on any atom is -0.497 e. The predicted octanol–water partition coefficient (Wildman–Crippen LogP) is 1.74. The minimum atomic E-state index is -3.51. The van der Waals surface area contributed by atoms with E-state index in [1.165, 1.54) is 4.31 Å². The van der Waals surface area contributed by atoms with E-state index < -0.39 is 10.0 Å². The lowest BCUT2D eigenvalue weighted by Crippen LogP contribution is -2.49. The van der Waals surface area contributed by atoms with Crippen LogP contribution in [0.5, 0.6) is 5.75 Å². The monoisotopic (exact) mass is 391 g/mol. The Bertz CT molecular complexity index is 878. The van der Waals surface area contributed by atoms with Crippen LogP contribution in [0.15, 0.2) is 35.2 Å². The first kappa shape index (κ1) is 19.4. The molecule has 2 heterocycles. The van der Waals surface area contributed by atoms with Crippen LogP contribution < -0.4 is 15.0 Å². The first-order valence-corrected chi connectivity index (χ1v) is 10.4. The number of sulfonamides is 1. The van der Waals surface area contributed by atoms with E-state index in [-0.39, 0.29) is 4.90 Å². The van der Waals surface area contributed by atoms with Gasteiger partial charge >= 0.3 is 0 Å². The Labute approximate surface area is 160 Å². The highest BCUT2D eigenvalue weighted by atomic mass is 32.2. The molecule has 1 aliphatic rings. The molecule has 146 valence electrons. The Morgan fingerprint density at radius 1 is 1.11 bits per heavy atom. The largest absolute Gasteiger partial charge is 0.497 e. The molecule has 0 bridgehead atoms. The van der Waals surface area contributed by atoms with Gasteiger partial charge in [-0.15, -0.1) is 0 Å². The molecule has 0 unspecified atom stereocenters. The molecule has 1 N–H and O–H groups in total. The molecule has 1 aliphatic heterocycles. The smallest absolute Gasteiger partial charge is 0.243 e. The van der Waals surface area contributed by atoms with Crippen LogP contribution >= 0.6 is 0 Å². The minimum absolute atomic E-state index is 0.282.